The van der Waals surface area contributed by atoms with Gasteiger partial charge in [-0.2, -0.15) is 9.97 Å². The van der Waals surface area contributed by atoms with E-state index in [4.69, 9.17) is 0 Å². The van der Waals surface area contributed by atoms with Crippen molar-refractivity contribution < 1.29 is 0 Å². The van der Waals surface area contributed by atoms with Gasteiger partial charge in [-0.3, -0.25) is 4.57 Å². The first-order chi connectivity index (χ1) is 5.52. The van der Waals surface area contributed by atoms with E-state index in [1.54, 1.807) is 33.0 Å². The highest BCUT2D eigenvalue weighted by atomic mass is 16.1. The molecule has 1 heterocycles. The summed E-state index contributed by atoms with van der Waals surface area (Å²) in [6.07, 6.45) is 0. The Bertz CT molecular complexity index is 342. The minimum atomic E-state index is -0.272. The van der Waals surface area contributed by atoms with E-state index in [1.165, 1.54) is 4.57 Å². The Kier molecular flexibility index (Phi) is 2.12. The van der Waals surface area contributed by atoms with Crippen LogP contribution in [0.1, 0.15) is 5.82 Å². The van der Waals surface area contributed by atoms with Gasteiger partial charge in [-0.05, 0) is 6.92 Å². The largest absolute Gasteiger partial charge is 0.351 e. The van der Waals surface area contributed by atoms with Gasteiger partial charge in [-0.25, -0.2) is 4.79 Å². The van der Waals surface area contributed by atoms with Crippen LogP contribution in [0.5, 0.6) is 0 Å². The van der Waals surface area contributed by atoms with Crippen LogP contribution in [0.15, 0.2) is 4.79 Å². The summed E-state index contributed by atoms with van der Waals surface area (Å²) in [4.78, 5) is 20.7. The lowest BCUT2D eigenvalue weighted by molar-refractivity contribution is 0.722. The van der Waals surface area contributed by atoms with Gasteiger partial charge in [-0.15, -0.1) is 0 Å². The van der Waals surface area contributed by atoms with Gasteiger partial charge < -0.3 is 4.90 Å². The van der Waals surface area contributed by atoms with Crippen molar-refractivity contribution in [2.45, 2.75) is 6.92 Å². The van der Waals surface area contributed by atoms with Crippen LogP contribution in [-0.4, -0.2) is 28.6 Å². The Balaban J connectivity index is 3.31. The fourth-order valence-corrected chi connectivity index (χ4v) is 0.744. The molecule has 0 amide bonds. The van der Waals surface area contributed by atoms with Crippen LogP contribution in [0.2, 0.25) is 0 Å². The number of aryl methyl sites for hydroxylation is 1. The van der Waals surface area contributed by atoms with E-state index in [-0.39, 0.29) is 5.69 Å². The lowest BCUT2D eigenvalue weighted by Crippen LogP contribution is -2.27. The van der Waals surface area contributed by atoms with Gasteiger partial charge in [0.25, 0.3) is 0 Å². The van der Waals surface area contributed by atoms with Crippen LogP contribution in [-0.2, 0) is 7.05 Å². The third-order valence-electron chi connectivity index (χ3n) is 1.63. The molecule has 0 spiro atoms. The van der Waals surface area contributed by atoms with Crippen LogP contribution < -0.4 is 10.6 Å². The fraction of sp³-hybridized carbons (Fsp3) is 0.571. The van der Waals surface area contributed by atoms with E-state index in [0.29, 0.717) is 11.8 Å². The number of aromatic nitrogens is 3. The first kappa shape index (κ1) is 8.70. The Morgan fingerprint density at radius 3 is 2.33 bits per heavy atom. The molecule has 66 valence electrons. The number of hydrogen-bond donors (Lipinski definition) is 0. The molecule has 0 bridgehead atoms. The van der Waals surface area contributed by atoms with Gasteiger partial charge in [0.2, 0.25) is 5.95 Å². The van der Waals surface area contributed by atoms with E-state index in [1.807, 2.05) is 0 Å². The normalized spacial score (nSPS) is 10.0. The summed E-state index contributed by atoms with van der Waals surface area (Å²) in [5.74, 6) is 1.12. The summed E-state index contributed by atoms with van der Waals surface area (Å²) < 4.78 is 1.41. The zero-order chi connectivity index (χ0) is 9.30. The van der Waals surface area contributed by atoms with Crippen LogP contribution in [0.4, 0.5) is 5.95 Å². The van der Waals surface area contributed by atoms with Crippen molar-refractivity contribution in [3.8, 4) is 0 Å². The molecule has 5 nitrogen and oxygen atoms in total. The van der Waals surface area contributed by atoms with Crippen LogP contribution in [0.3, 0.4) is 0 Å². The van der Waals surface area contributed by atoms with Crippen molar-refractivity contribution in [3.63, 3.8) is 0 Å². The Morgan fingerprint density at radius 1 is 1.33 bits per heavy atom. The van der Waals surface area contributed by atoms with Crippen molar-refractivity contribution in [3.05, 3.63) is 16.3 Å². The summed E-state index contributed by atoms with van der Waals surface area (Å²) in [7, 11) is 5.25. The molecular weight excluding hydrogens is 156 g/mol. The zero-order valence-corrected chi connectivity index (χ0v) is 7.70. The first-order valence-electron chi connectivity index (χ1n) is 3.61. The molecule has 1 rings (SSSR count). The summed E-state index contributed by atoms with van der Waals surface area (Å²) in [6, 6.07) is 0. The number of nitrogens with zero attached hydrogens (tertiary/aromatic N) is 4. The molecule has 5 heteroatoms. The van der Waals surface area contributed by atoms with Gasteiger partial charge in [0.1, 0.15) is 5.82 Å². The third-order valence-corrected chi connectivity index (χ3v) is 1.63. The smallest absolute Gasteiger partial charge is 0.347 e. The quantitative estimate of drug-likeness (QED) is 0.570. The summed E-state index contributed by atoms with van der Waals surface area (Å²) >= 11 is 0. The minimum absolute atomic E-state index is 0.272. The Labute approximate surface area is 70.7 Å². The molecule has 0 saturated carbocycles. The van der Waals surface area contributed by atoms with Crippen LogP contribution >= 0.6 is 0 Å². The molecule has 12 heavy (non-hydrogen) atoms. The molecule has 0 fully saturated rings. The topological polar surface area (TPSA) is 51.0 Å². The number of hydrogen-bond acceptors (Lipinski definition) is 4. The average Bonchev–Trinajstić information content (AvgIpc) is 1.99. The van der Waals surface area contributed by atoms with Crippen LogP contribution in [0, 0.1) is 6.92 Å². The lowest BCUT2D eigenvalue weighted by Gasteiger charge is -2.10. The molecule has 0 aliphatic carbocycles. The molecule has 0 N–H and O–H groups in total. The van der Waals surface area contributed by atoms with Gasteiger partial charge in [0.15, 0.2) is 0 Å². The SMILES string of the molecule is Cc1nc(N(C)C)nc(=O)n1C. The number of anilines is 1. The highest BCUT2D eigenvalue weighted by molar-refractivity contribution is 5.24. The average molecular weight is 168 g/mol. The highest BCUT2D eigenvalue weighted by Gasteiger charge is 2.03. The Hall–Kier alpha value is -1.39. The highest BCUT2D eigenvalue weighted by Crippen LogP contribution is 1.98. The number of rotatable bonds is 1. The fourth-order valence-electron chi connectivity index (χ4n) is 0.744. The maximum atomic E-state index is 11.2. The van der Waals surface area contributed by atoms with Gasteiger partial charge >= 0.3 is 5.69 Å². The second-order valence-corrected chi connectivity index (χ2v) is 2.81. The molecule has 1 aromatic heterocycles. The molecule has 0 unspecified atom stereocenters. The predicted molar refractivity (Wildman–Crippen MR) is 46.3 cm³/mol. The van der Waals surface area contributed by atoms with E-state index >= 15 is 0 Å². The van der Waals surface area contributed by atoms with E-state index in [0.717, 1.165) is 0 Å². The first-order valence-corrected chi connectivity index (χ1v) is 3.61. The molecule has 0 aromatic carbocycles. The van der Waals surface area contributed by atoms with Crippen LogP contribution in [0.25, 0.3) is 0 Å². The minimum Gasteiger partial charge on any atom is -0.347 e. The second-order valence-electron chi connectivity index (χ2n) is 2.81. The molecule has 0 aliphatic heterocycles. The van der Waals surface area contributed by atoms with Crippen molar-refractivity contribution in [2.24, 2.45) is 7.05 Å². The van der Waals surface area contributed by atoms with Gasteiger partial charge in [-0.1, -0.05) is 0 Å². The van der Waals surface area contributed by atoms with E-state index < -0.39 is 0 Å². The summed E-state index contributed by atoms with van der Waals surface area (Å²) in [6.45, 7) is 1.77. The van der Waals surface area contributed by atoms with Crippen molar-refractivity contribution in [2.75, 3.05) is 19.0 Å². The maximum Gasteiger partial charge on any atom is 0.351 e. The lowest BCUT2D eigenvalue weighted by atomic mass is 10.6. The maximum absolute atomic E-state index is 11.2. The van der Waals surface area contributed by atoms with E-state index in [2.05, 4.69) is 9.97 Å². The van der Waals surface area contributed by atoms with Gasteiger partial charge in [0, 0.05) is 21.1 Å². The summed E-state index contributed by atoms with van der Waals surface area (Å²) in [5.41, 5.74) is -0.272. The summed E-state index contributed by atoms with van der Waals surface area (Å²) in [5, 5.41) is 0. The van der Waals surface area contributed by atoms with Crippen molar-refractivity contribution in [1.82, 2.24) is 14.5 Å². The van der Waals surface area contributed by atoms with Crippen molar-refractivity contribution >= 4 is 5.95 Å². The predicted octanol–water partition coefficient (Wildman–Crippen LogP) is -0.450. The zero-order valence-electron chi connectivity index (χ0n) is 7.70. The molecule has 0 saturated heterocycles. The Morgan fingerprint density at radius 2 is 1.92 bits per heavy atom. The van der Waals surface area contributed by atoms with Crippen molar-refractivity contribution in [1.29, 1.82) is 0 Å². The molecule has 0 atom stereocenters. The molecule has 1 aromatic rings. The molecule has 0 aliphatic rings. The van der Waals surface area contributed by atoms with Gasteiger partial charge in [0.05, 0.1) is 0 Å². The monoisotopic (exact) mass is 168 g/mol. The van der Waals surface area contributed by atoms with E-state index in [9.17, 15) is 4.79 Å². The third kappa shape index (κ3) is 1.44. The standard InChI is InChI=1S/C7H12N4O/c1-5-8-6(10(2)3)9-7(12)11(5)4/h1-4H3. The molecular formula is C7H12N4O. The second kappa shape index (κ2) is 2.92. The molecule has 0 radical (unpaired) electrons.